The fraction of sp³-hybridized carbons (Fsp3) is 0.909. The van der Waals surface area contributed by atoms with Gasteiger partial charge in [-0.25, -0.2) is 0 Å². The molecule has 1 amide bonds. The molecular weight excluding hydrogens is 228 g/mol. The minimum absolute atomic E-state index is 0. The average molecular weight is 249 g/mol. The molecule has 3 atom stereocenters. The molecule has 0 aromatic heterocycles. The van der Waals surface area contributed by atoms with Crippen LogP contribution in [0.5, 0.6) is 0 Å². The molecule has 2 saturated heterocycles. The highest BCUT2D eigenvalue weighted by Gasteiger charge is 2.31. The predicted molar refractivity (Wildman–Crippen MR) is 64.9 cm³/mol. The fourth-order valence-corrected chi connectivity index (χ4v) is 2.47. The van der Waals surface area contributed by atoms with Gasteiger partial charge in [0.15, 0.2) is 0 Å². The number of hydrogen-bond donors (Lipinski definition) is 1. The van der Waals surface area contributed by atoms with E-state index in [1.54, 1.807) is 0 Å². The smallest absolute Gasteiger partial charge is 0.239 e. The van der Waals surface area contributed by atoms with Crippen LogP contribution in [0.25, 0.3) is 0 Å². The molecule has 1 N–H and O–H groups in total. The molecule has 0 aromatic carbocycles. The van der Waals surface area contributed by atoms with Gasteiger partial charge >= 0.3 is 0 Å². The van der Waals surface area contributed by atoms with Crippen LogP contribution in [0.15, 0.2) is 0 Å². The summed E-state index contributed by atoms with van der Waals surface area (Å²) in [6.45, 7) is 6.50. The third-order valence-electron chi connectivity index (χ3n) is 3.09. The molecule has 2 aliphatic heterocycles. The van der Waals surface area contributed by atoms with Crippen molar-refractivity contribution >= 4 is 18.3 Å². The quantitative estimate of drug-likeness (QED) is 0.746. The molecule has 0 unspecified atom stereocenters. The van der Waals surface area contributed by atoms with E-state index in [1.165, 1.54) is 0 Å². The maximum atomic E-state index is 12.1. The van der Waals surface area contributed by atoms with Crippen molar-refractivity contribution in [3.63, 3.8) is 0 Å². The summed E-state index contributed by atoms with van der Waals surface area (Å²) in [5, 5.41) is 3.25. The third kappa shape index (κ3) is 3.09. The maximum absolute atomic E-state index is 12.1. The first-order valence-corrected chi connectivity index (χ1v) is 5.84. The Morgan fingerprint density at radius 1 is 1.31 bits per heavy atom. The summed E-state index contributed by atoms with van der Waals surface area (Å²) >= 11 is 0. The number of morpholine rings is 1. The van der Waals surface area contributed by atoms with Crippen LogP contribution >= 0.6 is 12.4 Å². The van der Waals surface area contributed by atoms with E-state index in [4.69, 9.17) is 4.74 Å². The van der Waals surface area contributed by atoms with E-state index < -0.39 is 0 Å². The summed E-state index contributed by atoms with van der Waals surface area (Å²) in [4.78, 5) is 14.0. The number of nitrogens with zero attached hydrogens (tertiary/aromatic N) is 1. The molecule has 0 saturated carbocycles. The van der Waals surface area contributed by atoms with Gasteiger partial charge < -0.3 is 15.0 Å². The topological polar surface area (TPSA) is 41.6 Å². The predicted octanol–water partition coefficient (Wildman–Crippen LogP) is 0.796. The van der Waals surface area contributed by atoms with Gasteiger partial charge in [0.05, 0.1) is 18.2 Å². The zero-order chi connectivity index (χ0) is 10.8. The second-order valence-corrected chi connectivity index (χ2v) is 4.65. The normalized spacial score (nSPS) is 34.6. The van der Waals surface area contributed by atoms with Crippen LogP contribution in [0.1, 0.15) is 26.7 Å². The van der Waals surface area contributed by atoms with Crippen molar-refractivity contribution in [3.8, 4) is 0 Å². The van der Waals surface area contributed by atoms with E-state index in [9.17, 15) is 4.79 Å². The molecule has 0 aliphatic carbocycles. The Morgan fingerprint density at radius 2 is 1.94 bits per heavy atom. The van der Waals surface area contributed by atoms with Gasteiger partial charge in [-0.2, -0.15) is 0 Å². The number of hydrogen-bond acceptors (Lipinski definition) is 3. The summed E-state index contributed by atoms with van der Waals surface area (Å²) in [7, 11) is 0. The average Bonchev–Trinajstić information content (AvgIpc) is 2.67. The molecule has 0 bridgehead atoms. The molecule has 5 heteroatoms. The van der Waals surface area contributed by atoms with E-state index >= 15 is 0 Å². The Labute approximate surface area is 103 Å². The Balaban J connectivity index is 0.00000128. The van der Waals surface area contributed by atoms with Crippen LogP contribution in [0.3, 0.4) is 0 Å². The number of ether oxygens (including phenoxy) is 1. The minimum Gasteiger partial charge on any atom is -0.372 e. The van der Waals surface area contributed by atoms with Crippen LogP contribution in [-0.2, 0) is 9.53 Å². The molecule has 94 valence electrons. The van der Waals surface area contributed by atoms with Gasteiger partial charge in [0, 0.05) is 13.1 Å². The molecule has 0 aromatic rings. The highest BCUT2D eigenvalue weighted by atomic mass is 35.5. The SMILES string of the molecule is C[C@@H]1CN(C(=O)[C@@H]2CCCN2)C[C@H](C)O1.Cl. The van der Waals surface area contributed by atoms with Crippen LogP contribution in [0.4, 0.5) is 0 Å². The van der Waals surface area contributed by atoms with Gasteiger partial charge in [0.25, 0.3) is 0 Å². The fourth-order valence-electron chi connectivity index (χ4n) is 2.47. The maximum Gasteiger partial charge on any atom is 0.239 e. The van der Waals surface area contributed by atoms with E-state index in [1.807, 2.05) is 18.7 Å². The lowest BCUT2D eigenvalue weighted by molar-refractivity contribution is -0.145. The molecule has 4 nitrogen and oxygen atoms in total. The summed E-state index contributed by atoms with van der Waals surface area (Å²) in [6.07, 6.45) is 2.43. The van der Waals surface area contributed by atoms with E-state index in [-0.39, 0.29) is 36.6 Å². The minimum atomic E-state index is 0. The van der Waals surface area contributed by atoms with Crippen molar-refractivity contribution < 1.29 is 9.53 Å². The molecule has 2 heterocycles. The van der Waals surface area contributed by atoms with Crippen molar-refractivity contribution in [3.05, 3.63) is 0 Å². The summed E-state index contributed by atoms with van der Waals surface area (Å²) in [6, 6.07) is 0.0579. The molecule has 2 rings (SSSR count). The summed E-state index contributed by atoms with van der Waals surface area (Å²) in [5.74, 6) is 0.259. The molecule has 0 radical (unpaired) electrons. The largest absolute Gasteiger partial charge is 0.372 e. The zero-order valence-corrected chi connectivity index (χ0v) is 10.8. The van der Waals surface area contributed by atoms with Gasteiger partial charge in [-0.05, 0) is 33.2 Å². The zero-order valence-electron chi connectivity index (χ0n) is 9.94. The molecule has 16 heavy (non-hydrogen) atoms. The second-order valence-electron chi connectivity index (χ2n) is 4.65. The molecule has 0 spiro atoms. The molecular formula is C11H21ClN2O2. The van der Waals surface area contributed by atoms with Crippen molar-refractivity contribution in [2.24, 2.45) is 0 Å². The Kier molecular flexibility index (Phi) is 5.02. The van der Waals surface area contributed by atoms with Gasteiger partial charge in [-0.1, -0.05) is 0 Å². The Bertz CT molecular complexity index is 234. The number of rotatable bonds is 1. The van der Waals surface area contributed by atoms with Gasteiger partial charge in [-0.15, -0.1) is 12.4 Å². The lowest BCUT2D eigenvalue weighted by atomic mass is 10.1. The number of nitrogens with one attached hydrogen (secondary N) is 1. The van der Waals surface area contributed by atoms with Crippen LogP contribution < -0.4 is 5.32 Å². The van der Waals surface area contributed by atoms with Crippen molar-refractivity contribution in [2.45, 2.75) is 44.9 Å². The third-order valence-corrected chi connectivity index (χ3v) is 3.09. The van der Waals surface area contributed by atoms with Gasteiger partial charge in [0.2, 0.25) is 5.91 Å². The second kappa shape index (κ2) is 5.84. The van der Waals surface area contributed by atoms with Crippen molar-refractivity contribution in [1.29, 1.82) is 0 Å². The monoisotopic (exact) mass is 248 g/mol. The van der Waals surface area contributed by atoms with Crippen molar-refractivity contribution in [1.82, 2.24) is 10.2 Å². The highest BCUT2D eigenvalue weighted by Crippen LogP contribution is 2.15. The first kappa shape index (κ1) is 13.7. The Hall–Kier alpha value is -0.320. The van der Waals surface area contributed by atoms with Crippen LogP contribution in [-0.4, -0.2) is 48.7 Å². The van der Waals surface area contributed by atoms with E-state index in [2.05, 4.69) is 5.32 Å². The number of halogens is 1. The summed E-state index contributed by atoms with van der Waals surface area (Å²) < 4.78 is 5.61. The molecule has 2 fully saturated rings. The van der Waals surface area contributed by atoms with Crippen LogP contribution in [0, 0.1) is 0 Å². The lowest BCUT2D eigenvalue weighted by Gasteiger charge is -2.36. The van der Waals surface area contributed by atoms with E-state index in [0.29, 0.717) is 0 Å². The van der Waals surface area contributed by atoms with Gasteiger partial charge in [-0.3, -0.25) is 4.79 Å². The van der Waals surface area contributed by atoms with Crippen LogP contribution in [0.2, 0.25) is 0 Å². The standard InChI is InChI=1S/C11H20N2O2.ClH/c1-8-6-13(7-9(2)15-8)11(14)10-4-3-5-12-10;/h8-10,12H,3-7H2,1-2H3;1H/t8-,9+,10-;/m0./s1. The van der Waals surface area contributed by atoms with Crippen molar-refractivity contribution in [2.75, 3.05) is 19.6 Å². The lowest BCUT2D eigenvalue weighted by Crippen LogP contribution is -2.53. The first-order valence-electron chi connectivity index (χ1n) is 5.84. The Morgan fingerprint density at radius 3 is 2.44 bits per heavy atom. The van der Waals surface area contributed by atoms with Gasteiger partial charge in [0.1, 0.15) is 0 Å². The van der Waals surface area contributed by atoms with E-state index in [0.717, 1.165) is 32.5 Å². The number of carbonyl (C=O) groups excluding carboxylic acids is 1. The first-order chi connectivity index (χ1) is 7.16. The summed E-state index contributed by atoms with van der Waals surface area (Å²) in [5.41, 5.74) is 0. The highest BCUT2D eigenvalue weighted by molar-refractivity contribution is 5.85. The number of carbonyl (C=O) groups is 1. The molecule has 2 aliphatic rings. The number of amides is 1.